The third kappa shape index (κ3) is 0.806. The lowest BCUT2D eigenvalue weighted by molar-refractivity contribution is 0.301. The number of aromatic nitrogens is 2. The summed E-state index contributed by atoms with van der Waals surface area (Å²) in [6, 6.07) is 0.249. The van der Waals surface area contributed by atoms with Gasteiger partial charge in [-0.15, -0.1) is 0 Å². The van der Waals surface area contributed by atoms with Crippen molar-refractivity contribution in [2.75, 3.05) is 0 Å². The van der Waals surface area contributed by atoms with Crippen molar-refractivity contribution in [3.63, 3.8) is 0 Å². The van der Waals surface area contributed by atoms with Crippen molar-refractivity contribution in [3.05, 3.63) is 11.4 Å². The van der Waals surface area contributed by atoms with E-state index in [1.165, 1.54) is 0 Å². The van der Waals surface area contributed by atoms with E-state index in [9.17, 15) is 0 Å². The second-order valence-corrected chi connectivity index (χ2v) is 2.66. The molecule has 54 valence electrons. The monoisotopic (exact) mass is 139 g/mol. The van der Waals surface area contributed by atoms with Gasteiger partial charge in [-0.2, -0.15) is 0 Å². The first-order chi connectivity index (χ1) is 4.86. The van der Waals surface area contributed by atoms with E-state index in [1.807, 2.05) is 0 Å². The van der Waals surface area contributed by atoms with Crippen LogP contribution in [0.3, 0.4) is 0 Å². The number of hydrogen-bond acceptors (Lipinski definition) is 4. The molecule has 1 aromatic rings. The Bertz CT molecular complexity index is 233. The minimum Gasteiger partial charge on any atom is -0.327 e. The van der Waals surface area contributed by atoms with Gasteiger partial charge in [-0.25, -0.2) is 4.63 Å². The maximum atomic E-state index is 5.70. The van der Waals surface area contributed by atoms with E-state index in [2.05, 4.69) is 14.9 Å². The molecule has 0 bridgehead atoms. The van der Waals surface area contributed by atoms with E-state index in [4.69, 9.17) is 5.73 Å². The molecule has 1 aromatic heterocycles. The zero-order chi connectivity index (χ0) is 6.97. The maximum absolute atomic E-state index is 5.70. The van der Waals surface area contributed by atoms with Gasteiger partial charge in [0.15, 0.2) is 0 Å². The molecule has 10 heavy (non-hydrogen) atoms. The number of nitrogens with two attached hydrogens (primary N) is 1. The maximum Gasteiger partial charge on any atom is 0.109 e. The first kappa shape index (κ1) is 5.85. The van der Waals surface area contributed by atoms with Crippen LogP contribution in [0.25, 0.3) is 0 Å². The van der Waals surface area contributed by atoms with E-state index in [0.717, 1.165) is 30.7 Å². The normalized spacial score (nSPS) is 24.3. The van der Waals surface area contributed by atoms with E-state index >= 15 is 0 Å². The Hall–Kier alpha value is -0.900. The molecule has 0 radical (unpaired) electrons. The molecule has 1 heterocycles. The molecule has 0 spiro atoms. The summed E-state index contributed by atoms with van der Waals surface area (Å²) in [6.45, 7) is 0. The van der Waals surface area contributed by atoms with E-state index in [0.29, 0.717) is 0 Å². The van der Waals surface area contributed by atoms with Crippen molar-refractivity contribution >= 4 is 0 Å². The van der Waals surface area contributed by atoms with Crippen molar-refractivity contribution in [3.8, 4) is 0 Å². The average molecular weight is 139 g/mol. The first-order valence-corrected chi connectivity index (χ1v) is 3.42. The van der Waals surface area contributed by atoms with E-state index in [-0.39, 0.29) is 6.04 Å². The highest BCUT2D eigenvalue weighted by atomic mass is 16.6. The van der Waals surface area contributed by atoms with E-state index in [1.54, 1.807) is 0 Å². The molecule has 2 rings (SSSR count). The Labute approximate surface area is 58.4 Å². The Balaban J connectivity index is 2.30. The Morgan fingerprint density at radius 2 is 2.20 bits per heavy atom. The van der Waals surface area contributed by atoms with Gasteiger partial charge >= 0.3 is 0 Å². The average Bonchev–Trinajstić information content (AvgIpc) is 2.33. The topological polar surface area (TPSA) is 64.9 Å². The van der Waals surface area contributed by atoms with Gasteiger partial charge in [0, 0.05) is 12.5 Å². The van der Waals surface area contributed by atoms with Gasteiger partial charge in [0.2, 0.25) is 0 Å². The van der Waals surface area contributed by atoms with Gasteiger partial charge in [-0.1, -0.05) is 10.3 Å². The minimum absolute atomic E-state index is 0.249. The lowest BCUT2D eigenvalue weighted by Crippen LogP contribution is -2.27. The van der Waals surface area contributed by atoms with Crippen LogP contribution in [-0.4, -0.2) is 16.4 Å². The molecule has 1 aliphatic carbocycles. The third-order valence-electron chi connectivity index (χ3n) is 1.84. The van der Waals surface area contributed by atoms with Gasteiger partial charge in [-0.05, 0) is 12.8 Å². The SMILES string of the molecule is NC1CCc2nonc2C1. The largest absolute Gasteiger partial charge is 0.327 e. The highest BCUT2D eigenvalue weighted by molar-refractivity contribution is 5.12. The number of nitrogens with zero attached hydrogens (tertiary/aromatic N) is 2. The summed E-state index contributed by atoms with van der Waals surface area (Å²) < 4.78 is 4.56. The number of aryl methyl sites for hydroxylation is 1. The Morgan fingerprint density at radius 3 is 3.10 bits per heavy atom. The molecule has 4 heteroatoms. The van der Waals surface area contributed by atoms with Crippen LogP contribution in [0.2, 0.25) is 0 Å². The predicted molar refractivity (Wildman–Crippen MR) is 34.3 cm³/mol. The summed E-state index contributed by atoms with van der Waals surface area (Å²) in [5.74, 6) is 0. The third-order valence-corrected chi connectivity index (χ3v) is 1.84. The lowest BCUT2D eigenvalue weighted by atomic mass is 9.97. The summed E-state index contributed by atoms with van der Waals surface area (Å²) in [7, 11) is 0. The number of fused-ring (bicyclic) bond motifs is 1. The highest BCUT2D eigenvalue weighted by Crippen LogP contribution is 2.15. The molecule has 0 saturated heterocycles. The van der Waals surface area contributed by atoms with Gasteiger partial charge in [0.25, 0.3) is 0 Å². The Kier molecular flexibility index (Phi) is 1.20. The van der Waals surface area contributed by atoms with Crippen molar-refractivity contribution < 1.29 is 4.63 Å². The van der Waals surface area contributed by atoms with Crippen molar-refractivity contribution in [2.45, 2.75) is 25.3 Å². The molecule has 0 saturated carbocycles. The molecule has 1 atom stereocenters. The molecular weight excluding hydrogens is 130 g/mol. The van der Waals surface area contributed by atoms with Crippen LogP contribution in [-0.2, 0) is 12.8 Å². The minimum atomic E-state index is 0.249. The van der Waals surface area contributed by atoms with Gasteiger partial charge in [0.1, 0.15) is 11.4 Å². The van der Waals surface area contributed by atoms with Crippen molar-refractivity contribution in [1.82, 2.24) is 10.3 Å². The fourth-order valence-corrected chi connectivity index (χ4v) is 1.24. The van der Waals surface area contributed by atoms with Crippen LogP contribution in [0, 0.1) is 0 Å². The van der Waals surface area contributed by atoms with Crippen molar-refractivity contribution in [2.24, 2.45) is 5.73 Å². The number of rotatable bonds is 0. The molecule has 1 aliphatic rings. The predicted octanol–water partition coefficient (Wildman–Crippen LogP) is -0.114. The molecule has 4 nitrogen and oxygen atoms in total. The lowest BCUT2D eigenvalue weighted by Gasteiger charge is -2.13. The zero-order valence-electron chi connectivity index (χ0n) is 5.58. The molecule has 0 aliphatic heterocycles. The van der Waals surface area contributed by atoms with Crippen LogP contribution < -0.4 is 5.73 Å². The van der Waals surface area contributed by atoms with Gasteiger partial charge in [0.05, 0.1) is 0 Å². The zero-order valence-corrected chi connectivity index (χ0v) is 5.58. The van der Waals surface area contributed by atoms with Crippen LogP contribution in [0.1, 0.15) is 17.8 Å². The second-order valence-electron chi connectivity index (χ2n) is 2.66. The second kappa shape index (κ2) is 2.05. The van der Waals surface area contributed by atoms with Crippen LogP contribution in [0.4, 0.5) is 0 Å². The van der Waals surface area contributed by atoms with Crippen LogP contribution in [0.5, 0.6) is 0 Å². The summed E-state index contributed by atoms with van der Waals surface area (Å²) in [4.78, 5) is 0. The molecule has 0 fully saturated rings. The van der Waals surface area contributed by atoms with Gasteiger partial charge < -0.3 is 5.73 Å². The molecule has 1 unspecified atom stereocenters. The standard InChI is InChI=1S/C6H9N3O/c7-4-1-2-5-6(3-4)9-10-8-5/h4H,1-3,7H2. The highest BCUT2D eigenvalue weighted by Gasteiger charge is 2.19. The summed E-state index contributed by atoms with van der Waals surface area (Å²) >= 11 is 0. The summed E-state index contributed by atoms with van der Waals surface area (Å²) in [6.07, 6.45) is 2.74. The van der Waals surface area contributed by atoms with Gasteiger partial charge in [-0.3, -0.25) is 0 Å². The molecule has 0 aromatic carbocycles. The molecular formula is C6H9N3O. The fraction of sp³-hybridized carbons (Fsp3) is 0.667. The first-order valence-electron chi connectivity index (χ1n) is 3.42. The molecule has 2 N–H and O–H groups in total. The number of hydrogen-bond donors (Lipinski definition) is 1. The van der Waals surface area contributed by atoms with Crippen molar-refractivity contribution in [1.29, 1.82) is 0 Å². The molecule has 0 amide bonds. The smallest absolute Gasteiger partial charge is 0.109 e. The quantitative estimate of drug-likeness (QED) is 0.544. The fourth-order valence-electron chi connectivity index (χ4n) is 1.24. The van der Waals surface area contributed by atoms with E-state index < -0.39 is 0 Å². The summed E-state index contributed by atoms with van der Waals surface area (Å²) in [5, 5.41) is 7.49. The summed E-state index contributed by atoms with van der Waals surface area (Å²) in [5.41, 5.74) is 7.63. The van der Waals surface area contributed by atoms with Crippen LogP contribution in [0.15, 0.2) is 4.63 Å². The van der Waals surface area contributed by atoms with Crippen LogP contribution >= 0.6 is 0 Å². The Morgan fingerprint density at radius 1 is 1.40 bits per heavy atom.